The summed E-state index contributed by atoms with van der Waals surface area (Å²) in [7, 11) is -1.74. The number of hydrogen-bond donors (Lipinski definition) is 3. The molecule has 2 aromatic rings. The van der Waals surface area contributed by atoms with Gasteiger partial charge >= 0.3 is 13.2 Å². The number of ether oxygens (including phenoxy) is 2. The predicted molar refractivity (Wildman–Crippen MR) is 139 cm³/mol. The molecule has 37 heavy (non-hydrogen) atoms. The Bertz CT molecular complexity index is 1120. The van der Waals surface area contributed by atoms with Gasteiger partial charge in [0.05, 0.1) is 37.8 Å². The van der Waals surface area contributed by atoms with E-state index in [4.69, 9.17) is 9.47 Å². The Morgan fingerprint density at radius 1 is 1.16 bits per heavy atom. The molecule has 0 radical (unpaired) electrons. The number of hydrogen-bond acceptors (Lipinski definition) is 7. The van der Waals surface area contributed by atoms with E-state index in [9.17, 15) is 24.9 Å². The maximum atomic E-state index is 13.0. The van der Waals surface area contributed by atoms with E-state index >= 15 is 0 Å². The summed E-state index contributed by atoms with van der Waals surface area (Å²) in [5, 5.41) is 31.4. The van der Waals surface area contributed by atoms with E-state index in [0.29, 0.717) is 25.2 Å². The lowest BCUT2D eigenvalue weighted by atomic mass is 9.76. The van der Waals surface area contributed by atoms with Crippen molar-refractivity contribution in [3.05, 3.63) is 76.9 Å². The van der Waals surface area contributed by atoms with Gasteiger partial charge in [0.25, 0.3) is 5.91 Å². The highest BCUT2D eigenvalue weighted by molar-refractivity contribution is 6.43. The Labute approximate surface area is 217 Å². The second-order valence-electron chi connectivity index (χ2n) is 9.10. The van der Waals surface area contributed by atoms with Crippen LogP contribution in [0.2, 0.25) is 0 Å². The van der Waals surface area contributed by atoms with Crippen LogP contribution in [-0.2, 0) is 27.1 Å². The molecule has 0 saturated carbocycles. The van der Waals surface area contributed by atoms with E-state index in [0.717, 1.165) is 11.1 Å². The van der Waals surface area contributed by atoms with Gasteiger partial charge in [-0.1, -0.05) is 54.6 Å². The van der Waals surface area contributed by atoms with Crippen LogP contribution >= 0.6 is 0 Å². The van der Waals surface area contributed by atoms with Crippen LogP contribution in [0.15, 0.2) is 60.2 Å². The molecule has 2 aromatic carbocycles. The highest BCUT2D eigenvalue weighted by atomic mass is 16.5. The fourth-order valence-electron chi connectivity index (χ4n) is 4.24. The fourth-order valence-corrected chi connectivity index (χ4v) is 4.24. The number of carbonyl (C=O) groups is 2. The smallest absolute Gasteiger partial charge is 0.449 e. The lowest BCUT2D eigenvalue weighted by molar-refractivity contribution is -0.139. The van der Waals surface area contributed by atoms with Crippen LogP contribution in [0.1, 0.15) is 30.5 Å². The van der Waals surface area contributed by atoms with Gasteiger partial charge in [-0.2, -0.15) is 5.26 Å². The fraction of sp³-hybridized carbons (Fsp3) is 0.370. The monoisotopic (exact) mass is 505 g/mol. The Kier molecular flexibility index (Phi) is 10.3. The first-order chi connectivity index (χ1) is 17.8. The number of amides is 2. The molecule has 0 unspecified atom stereocenters. The van der Waals surface area contributed by atoms with E-state index < -0.39 is 19.2 Å². The van der Waals surface area contributed by atoms with Gasteiger partial charge in [0.2, 0.25) is 0 Å². The molecule has 1 fully saturated rings. The number of nitrogens with zero attached hydrogens (tertiary/aromatic N) is 2. The summed E-state index contributed by atoms with van der Waals surface area (Å²) in [6, 6.07) is 18.2. The first kappa shape index (κ1) is 27.9. The van der Waals surface area contributed by atoms with Crippen LogP contribution in [0.25, 0.3) is 6.08 Å². The molecule has 0 spiro atoms. The predicted octanol–water partition coefficient (Wildman–Crippen LogP) is 2.12. The SMILES string of the molecule is C[C@@H]1COC[C@@H](C)N1C(=O)C(C#N)=Cc1cccc(CCOC(=O)N[C@@H](Cc2ccccc2)B(O)O)c1. The van der Waals surface area contributed by atoms with Crippen LogP contribution in [0.5, 0.6) is 0 Å². The quantitative estimate of drug-likeness (QED) is 0.270. The summed E-state index contributed by atoms with van der Waals surface area (Å²) in [5.74, 6) is -1.24. The van der Waals surface area contributed by atoms with Crippen molar-refractivity contribution < 1.29 is 29.1 Å². The molecule has 194 valence electrons. The number of alkyl carbamates (subject to hydrolysis) is 1. The number of nitrogens with one attached hydrogen (secondary N) is 1. The van der Waals surface area contributed by atoms with Crippen molar-refractivity contribution in [2.24, 2.45) is 0 Å². The minimum Gasteiger partial charge on any atom is -0.449 e. The first-order valence-corrected chi connectivity index (χ1v) is 12.2. The molecular weight excluding hydrogens is 473 g/mol. The van der Waals surface area contributed by atoms with Crippen LogP contribution in [0.3, 0.4) is 0 Å². The third-order valence-electron chi connectivity index (χ3n) is 6.10. The van der Waals surface area contributed by atoms with Crippen molar-refractivity contribution in [1.82, 2.24) is 10.2 Å². The Balaban J connectivity index is 1.56. The molecule has 0 aromatic heterocycles. The maximum Gasteiger partial charge on any atom is 0.475 e. The van der Waals surface area contributed by atoms with Crippen molar-refractivity contribution in [3.8, 4) is 6.07 Å². The van der Waals surface area contributed by atoms with Gasteiger partial charge in [-0.3, -0.25) is 4.79 Å². The minimum atomic E-state index is -1.74. The molecule has 1 heterocycles. The summed E-state index contributed by atoms with van der Waals surface area (Å²) < 4.78 is 10.7. The second kappa shape index (κ2) is 13.6. The van der Waals surface area contributed by atoms with E-state index in [2.05, 4.69) is 5.32 Å². The minimum absolute atomic E-state index is 0.0420. The van der Waals surface area contributed by atoms with Gasteiger partial charge in [0.1, 0.15) is 11.6 Å². The number of carbonyl (C=O) groups excluding carboxylic acids is 2. The molecule has 3 atom stereocenters. The van der Waals surface area contributed by atoms with E-state index in [1.807, 2.05) is 62.4 Å². The normalized spacial score (nSPS) is 18.5. The third kappa shape index (κ3) is 8.18. The summed E-state index contributed by atoms with van der Waals surface area (Å²) in [6.07, 6.45) is 1.44. The van der Waals surface area contributed by atoms with Gasteiger partial charge in [0, 0.05) is 6.42 Å². The molecule has 1 aliphatic heterocycles. The number of rotatable bonds is 9. The summed E-state index contributed by atoms with van der Waals surface area (Å²) in [4.78, 5) is 26.9. The van der Waals surface area contributed by atoms with Crippen molar-refractivity contribution in [2.75, 3.05) is 19.8 Å². The lowest BCUT2D eigenvalue weighted by Crippen LogP contribution is -2.52. The van der Waals surface area contributed by atoms with Gasteiger partial charge in [-0.05, 0) is 43.0 Å². The zero-order valence-electron chi connectivity index (χ0n) is 21.0. The zero-order valence-corrected chi connectivity index (χ0v) is 21.0. The molecule has 3 rings (SSSR count). The van der Waals surface area contributed by atoms with Crippen molar-refractivity contribution in [1.29, 1.82) is 5.26 Å². The Morgan fingerprint density at radius 2 is 1.84 bits per heavy atom. The molecule has 3 N–H and O–H groups in total. The number of benzene rings is 2. The van der Waals surface area contributed by atoms with Crippen LogP contribution in [0, 0.1) is 11.3 Å². The largest absolute Gasteiger partial charge is 0.475 e. The molecule has 0 aliphatic carbocycles. The van der Waals surface area contributed by atoms with Crippen molar-refractivity contribution in [3.63, 3.8) is 0 Å². The average molecular weight is 505 g/mol. The zero-order chi connectivity index (χ0) is 26.8. The Morgan fingerprint density at radius 3 is 2.49 bits per heavy atom. The molecule has 10 heteroatoms. The van der Waals surface area contributed by atoms with E-state index in [1.54, 1.807) is 23.1 Å². The highest BCUT2D eigenvalue weighted by Crippen LogP contribution is 2.19. The molecule has 1 aliphatic rings. The van der Waals surface area contributed by atoms with Crippen LogP contribution < -0.4 is 5.32 Å². The van der Waals surface area contributed by atoms with E-state index in [-0.39, 0.29) is 36.6 Å². The molecular formula is C27H32BN3O6. The number of nitriles is 1. The van der Waals surface area contributed by atoms with Gasteiger partial charge in [-0.15, -0.1) is 0 Å². The van der Waals surface area contributed by atoms with Crippen molar-refractivity contribution >= 4 is 25.2 Å². The lowest BCUT2D eigenvalue weighted by Gasteiger charge is -2.38. The van der Waals surface area contributed by atoms with Crippen LogP contribution in [-0.4, -0.2) is 71.9 Å². The molecule has 2 amide bonds. The van der Waals surface area contributed by atoms with Gasteiger partial charge in [-0.25, -0.2) is 4.79 Å². The second-order valence-corrected chi connectivity index (χ2v) is 9.10. The Hall–Kier alpha value is -3.65. The number of morpholine rings is 1. The first-order valence-electron chi connectivity index (χ1n) is 12.2. The molecule has 1 saturated heterocycles. The molecule has 0 bridgehead atoms. The maximum absolute atomic E-state index is 13.0. The third-order valence-corrected chi connectivity index (χ3v) is 6.10. The van der Waals surface area contributed by atoms with Gasteiger partial charge < -0.3 is 29.7 Å². The highest BCUT2D eigenvalue weighted by Gasteiger charge is 2.31. The van der Waals surface area contributed by atoms with Crippen molar-refractivity contribution in [2.45, 2.75) is 44.7 Å². The summed E-state index contributed by atoms with van der Waals surface area (Å²) in [6.45, 7) is 4.71. The standard InChI is InChI=1S/C27H32BN3O6/c1-19-17-36-18-20(2)31(19)26(32)24(16-29)14-23-10-6-9-22(13-23)11-12-37-27(33)30-25(28(34)35)15-21-7-4-3-5-8-21/h3-10,13-14,19-20,25,34-35H,11-12,15,17-18H2,1-2H3,(H,30,33)/t19-,20-,25+/m1/s1. The van der Waals surface area contributed by atoms with Gasteiger partial charge in [0.15, 0.2) is 0 Å². The van der Waals surface area contributed by atoms with Crippen LogP contribution in [0.4, 0.5) is 4.79 Å². The summed E-state index contributed by atoms with van der Waals surface area (Å²) >= 11 is 0. The topological polar surface area (TPSA) is 132 Å². The van der Waals surface area contributed by atoms with E-state index in [1.165, 1.54) is 0 Å². The average Bonchev–Trinajstić information content (AvgIpc) is 2.87. The summed E-state index contributed by atoms with van der Waals surface area (Å²) in [5.41, 5.74) is 2.42. The molecule has 9 nitrogen and oxygen atoms in total.